The van der Waals surface area contributed by atoms with Gasteiger partial charge < -0.3 is 10.1 Å². The summed E-state index contributed by atoms with van der Waals surface area (Å²) in [5, 5.41) is 3.82. The van der Waals surface area contributed by atoms with Crippen LogP contribution in [0, 0.1) is 0 Å². The molecule has 2 rings (SSSR count). The number of nitrogens with zero attached hydrogens (tertiary/aromatic N) is 1. The molecule has 0 radical (unpaired) electrons. The molecule has 3 heteroatoms. The Labute approximate surface area is 125 Å². The van der Waals surface area contributed by atoms with E-state index in [9.17, 15) is 0 Å². The first-order valence-corrected chi connectivity index (χ1v) is 8.81. The smallest absolute Gasteiger partial charge is 0.0462 e. The SMILES string of the molecule is CCNC(CCCOC)C1(N2CCCCC2)CCCC1. The number of methoxy groups -OCH3 is 1. The van der Waals surface area contributed by atoms with Crippen molar-refractivity contribution in [2.45, 2.75) is 76.3 Å². The maximum Gasteiger partial charge on any atom is 0.0462 e. The average molecular weight is 282 g/mol. The summed E-state index contributed by atoms with van der Waals surface area (Å²) in [5.74, 6) is 0. The second-order valence-corrected chi connectivity index (χ2v) is 6.60. The van der Waals surface area contributed by atoms with Crippen molar-refractivity contribution in [2.75, 3.05) is 33.4 Å². The molecule has 2 fully saturated rings. The van der Waals surface area contributed by atoms with Gasteiger partial charge in [0.2, 0.25) is 0 Å². The van der Waals surface area contributed by atoms with E-state index in [1.165, 1.54) is 70.9 Å². The number of hydrogen-bond acceptors (Lipinski definition) is 3. The quantitative estimate of drug-likeness (QED) is 0.692. The van der Waals surface area contributed by atoms with E-state index in [1.54, 1.807) is 0 Å². The van der Waals surface area contributed by atoms with E-state index in [0.717, 1.165) is 13.2 Å². The van der Waals surface area contributed by atoms with Crippen LogP contribution in [-0.2, 0) is 4.74 Å². The number of hydrogen-bond donors (Lipinski definition) is 1. The molecule has 0 spiro atoms. The maximum atomic E-state index is 5.27. The van der Waals surface area contributed by atoms with Gasteiger partial charge in [-0.05, 0) is 58.2 Å². The highest BCUT2D eigenvalue weighted by atomic mass is 16.5. The fraction of sp³-hybridized carbons (Fsp3) is 1.00. The molecule has 1 unspecified atom stereocenters. The summed E-state index contributed by atoms with van der Waals surface area (Å²) < 4.78 is 5.27. The number of rotatable bonds is 8. The molecule has 1 atom stereocenters. The first-order chi connectivity index (χ1) is 9.83. The van der Waals surface area contributed by atoms with E-state index in [1.807, 2.05) is 7.11 Å². The monoisotopic (exact) mass is 282 g/mol. The van der Waals surface area contributed by atoms with Gasteiger partial charge in [-0.25, -0.2) is 0 Å². The van der Waals surface area contributed by atoms with Crippen molar-refractivity contribution in [1.29, 1.82) is 0 Å². The van der Waals surface area contributed by atoms with Crippen molar-refractivity contribution in [2.24, 2.45) is 0 Å². The summed E-state index contributed by atoms with van der Waals surface area (Å²) in [6.45, 7) is 6.89. The third kappa shape index (κ3) is 3.75. The van der Waals surface area contributed by atoms with Gasteiger partial charge in [0.25, 0.3) is 0 Å². The van der Waals surface area contributed by atoms with Crippen molar-refractivity contribution < 1.29 is 4.74 Å². The molecule has 0 aromatic rings. The first-order valence-electron chi connectivity index (χ1n) is 8.81. The molecule has 0 aromatic carbocycles. The molecule has 0 bridgehead atoms. The number of ether oxygens (including phenoxy) is 1. The molecule has 0 amide bonds. The van der Waals surface area contributed by atoms with Gasteiger partial charge in [0, 0.05) is 25.3 Å². The molecule has 20 heavy (non-hydrogen) atoms. The van der Waals surface area contributed by atoms with Crippen molar-refractivity contribution in [3.63, 3.8) is 0 Å². The molecule has 1 N–H and O–H groups in total. The molecule has 118 valence electrons. The Morgan fingerprint density at radius 1 is 1.10 bits per heavy atom. The Morgan fingerprint density at radius 2 is 1.80 bits per heavy atom. The van der Waals surface area contributed by atoms with Gasteiger partial charge in [-0.2, -0.15) is 0 Å². The Balaban J connectivity index is 2.05. The van der Waals surface area contributed by atoms with Crippen LogP contribution in [0.15, 0.2) is 0 Å². The van der Waals surface area contributed by atoms with Gasteiger partial charge in [-0.1, -0.05) is 26.2 Å². The first kappa shape index (κ1) is 16.3. The van der Waals surface area contributed by atoms with Crippen LogP contribution in [0.4, 0.5) is 0 Å². The van der Waals surface area contributed by atoms with E-state index < -0.39 is 0 Å². The van der Waals surface area contributed by atoms with E-state index in [2.05, 4.69) is 17.1 Å². The topological polar surface area (TPSA) is 24.5 Å². The minimum Gasteiger partial charge on any atom is -0.385 e. The molecule has 1 aliphatic carbocycles. The summed E-state index contributed by atoms with van der Waals surface area (Å²) >= 11 is 0. The minimum absolute atomic E-state index is 0.449. The Kier molecular flexibility index (Phi) is 6.79. The van der Waals surface area contributed by atoms with Gasteiger partial charge in [0.15, 0.2) is 0 Å². The van der Waals surface area contributed by atoms with E-state index >= 15 is 0 Å². The van der Waals surface area contributed by atoms with E-state index in [-0.39, 0.29) is 0 Å². The summed E-state index contributed by atoms with van der Waals surface area (Å²) in [6, 6.07) is 0.656. The average Bonchev–Trinajstić information content (AvgIpc) is 2.98. The standard InChI is InChI=1S/C17H34N2O/c1-3-18-16(10-9-15-20-2)17(11-5-6-12-17)19-13-7-4-8-14-19/h16,18H,3-15H2,1-2H3. The summed E-state index contributed by atoms with van der Waals surface area (Å²) in [6.07, 6.45) is 12.3. The molecule has 1 heterocycles. The lowest BCUT2D eigenvalue weighted by Crippen LogP contribution is -2.61. The normalized spacial score (nSPS) is 24.9. The number of nitrogens with one attached hydrogen (secondary N) is 1. The van der Waals surface area contributed by atoms with Crippen LogP contribution in [0.25, 0.3) is 0 Å². The van der Waals surface area contributed by atoms with Crippen molar-refractivity contribution in [1.82, 2.24) is 10.2 Å². The zero-order valence-corrected chi connectivity index (χ0v) is 13.6. The Morgan fingerprint density at radius 3 is 2.40 bits per heavy atom. The van der Waals surface area contributed by atoms with Crippen molar-refractivity contribution in [3.8, 4) is 0 Å². The maximum absolute atomic E-state index is 5.27. The molecular formula is C17H34N2O. The van der Waals surface area contributed by atoms with Crippen molar-refractivity contribution in [3.05, 3.63) is 0 Å². The molecule has 2 aliphatic rings. The van der Waals surface area contributed by atoms with Crippen LogP contribution in [-0.4, -0.2) is 49.8 Å². The number of likely N-dealkylation sites (N-methyl/N-ethyl adjacent to an activating group) is 1. The van der Waals surface area contributed by atoms with Crippen LogP contribution >= 0.6 is 0 Å². The van der Waals surface area contributed by atoms with Gasteiger partial charge in [-0.15, -0.1) is 0 Å². The highest BCUT2D eigenvalue weighted by Crippen LogP contribution is 2.40. The predicted octanol–water partition coefficient (Wildman–Crippen LogP) is 3.19. The molecule has 1 aliphatic heterocycles. The van der Waals surface area contributed by atoms with Crippen LogP contribution in [0.2, 0.25) is 0 Å². The van der Waals surface area contributed by atoms with Crippen LogP contribution in [0.3, 0.4) is 0 Å². The third-order valence-corrected chi connectivity index (χ3v) is 5.40. The fourth-order valence-electron chi connectivity index (χ4n) is 4.45. The predicted molar refractivity (Wildman–Crippen MR) is 85.2 cm³/mol. The molecule has 3 nitrogen and oxygen atoms in total. The summed E-state index contributed by atoms with van der Waals surface area (Å²) in [7, 11) is 1.82. The van der Waals surface area contributed by atoms with Gasteiger partial charge in [0.1, 0.15) is 0 Å². The Hall–Kier alpha value is -0.120. The second kappa shape index (κ2) is 8.35. The summed E-state index contributed by atoms with van der Waals surface area (Å²) in [4.78, 5) is 2.85. The number of likely N-dealkylation sites (tertiary alicyclic amines) is 1. The largest absolute Gasteiger partial charge is 0.385 e. The highest BCUT2D eigenvalue weighted by molar-refractivity contribution is 5.04. The van der Waals surface area contributed by atoms with Gasteiger partial charge >= 0.3 is 0 Å². The molecular weight excluding hydrogens is 248 g/mol. The Bertz CT molecular complexity index is 258. The second-order valence-electron chi connectivity index (χ2n) is 6.60. The summed E-state index contributed by atoms with van der Waals surface area (Å²) in [5.41, 5.74) is 0.449. The lowest BCUT2D eigenvalue weighted by atomic mass is 9.82. The highest BCUT2D eigenvalue weighted by Gasteiger charge is 2.45. The molecule has 1 saturated heterocycles. The number of piperidine rings is 1. The van der Waals surface area contributed by atoms with Gasteiger partial charge in [-0.3, -0.25) is 4.90 Å². The lowest BCUT2D eigenvalue weighted by molar-refractivity contribution is 0.0315. The van der Waals surface area contributed by atoms with Gasteiger partial charge in [0.05, 0.1) is 0 Å². The third-order valence-electron chi connectivity index (χ3n) is 5.40. The van der Waals surface area contributed by atoms with E-state index in [0.29, 0.717) is 11.6 Å². The van der Waals surface area contributed by atoms with Crippen LogP contribution in [0.1, 0.15) is 64.7 Å². The lowest BCUT2D eigenvalue weighted by Gasteiger charge is -2.49. The van der Waals surface area contributed by atoms with Crippen LogP contribution in [0.5, 0.6) is 0 Å². The van der Waals surface area contributed by atoms with Crippen LogP contribution < -0.4 is 5.32 Å². The van der Waals surface area contributed by atoms with Crippen molar-refractivity contribution >= 4 is 0 Å². The minimum atomic E-state index is 0.449. The zero-order valence-electron chi connectivity index (χ0n) is 13.6. The zero-order chi connectivity index (χ0) is 14.3. The molecule has 0 aromatic heterocycles. The molecule has 1 saturated carbocycles. The van der Waals surface area contributed by atoms with E-state index in [4.69, 9.17) is 4.74 Å². The fourth-order valence-corrected chi connectivity index (χ4v) is 4.45.